The fourth-order valence-corrected chi connectivity index (χ4v) is 5.41. The minimum absolute atomic E-state index is 0.0371. The quantitative estimate of drug-likeness (QED) is 0.357. The number of anilines is 1. The van der Waals surface area contributed by atoms with Gasteiger partial charge in [0.05, 0.1) is 22.3 Å². The minimum Gasteiger partial charge on any atom is -0.433 e. The molecule has 2 aliphatic rings. The summed E-state index contributed by atoms with van der Waals surface area (Å²) in [6.07, 6.45) is 2.67. The van der Waals surface area contributed by atoms with Crippen LogP contribution in [0.3, 0.4) is 0 Å². The van der Waals surface area contributed by atoms with Gasteiger partial charge >= 0.3 is 6.61 Å². The van der Waals surface area contributed by atoms with Crippen LogP contribution < -0.4 is 15.6 Å². The molecule has 1 saturated heterocycles. The third-order valence-electron chi connectivity index (χ3n) is 7.90. The van der Waals surface area contributed by atoms with E-state index in [9.17, 15) is 22.8 Å². The summed E-state index contributed by atoms with van der Waals surface area (Å²) in [4.78, 5) is 35.6. The molecule has 1 aliphatic heterocycles. The summed E-state index contributed by atoms with van der Waals surface area (Å²) in [6, 6.07) is 15.4. The maximum atomic E-state index is 14.3. The molecule has 41 heavy (non-hydrogen) atoms. The SMILES string of the molecule is CN1CCN(C2(C(=O)Nc3cc(-n4cnc5cc(-c6ccccc6F)ccc5c4=O)ccc3OC(F)F)CC2)CC1. The first kappa shape index (κ1) is 27.0. The Morgan fingerprint density at radius 3 is 2.49 bits per heavy atom. The van der Waals surface area contributed by atoms with Crippen molar-refractivity contribution in [2.45, 2.75) is 25.0 Å². The molecular formula is C30H28F3N5O3. The minimum atomic E-state index is -3.10. The molecule has 1 aromatic heterocycles. The number of piperazine rings is 1. The molecule has 1 aliphatic carbocycles. The van der Waals surface area contributed by atoms with Gasteiger partial charge in [0, 0.05) is 31.7 Å². The van der Waals surface area contributed by atoms with Gasteiger partial charge < -0.3 is 15.0 Å². The van der Waals surface area contributed by atoms with Crippen molar-refractivity contribution in [2.75, 3.05) is 38.5 Å². The normalized spacial score (nSPS) is 17.1. The van der Waals surface area contributed by atoms with Crippen LogP contribution >= 0.6 is 0 Å². The van der Waals surface area contributed by atoms with Crippen molar-refractivity contribution in [3.05, 3.63) is 83.2 Å². The van der Waals surface area contributed by atoms with Crippen molar-refractivity contribution in [3.63, 3.8) is 0 Å². The van der Waals surface area contributed by atoms with E-state index in [1.165, 1.54) is 35.2 Å². The average Bonchev–Trinajstić information content (AvgIpc) is 3.77. The molecular weight excluding hydrogens is 535 g/mol. The Balaban J connectivity index is 1.33. The smallest absolute Gasteiger partial charge is 0.387 e. The van der Waals surface area contributed by atoms with E-state index in [1.807, 2.05) is 7.05 Å². The lowest BCUT2D eigenvalue weighted by atomic mass is 10.0. The molecule has 1 saturated carbocycles. The number of carbonyl (C=O) groups is 1. The molecule has 0 unspecified atom stereocenters. The van der Waals surface area contributed by atoms with E-state index in [2.05, 4.69) is 20.1 Å². The van der Waals surface area contributed by atoms with Crippen LogP contribution in [-0.2, 0) is 4.79 Å². The van der Waals surface area contributed by atoms with E-state index in [0.717, 1.165) is 26.2 Å². The number of fused-ring (bicyclic) bond motifs is 1. The van der Waals surface area contributed by atoms with Crippen LogP contribution in [0.25, 0.3) is 27.7 Å². The molecule has 8 nitrogen and oxygen atoms in total. The largest absolute Gasteiger partial charge is 0.433 e. The van der Waals surface area contributed by atoms with Gasteiger partial charge in [-0.15, -0.1) is 0 Å². The second kappa shape index (κ2) is 10.6. The number of aromatic nitrogens is 2. The number of hydrogen-bond donors (Lipinski definition) is 1. The number of hydrogen-bond acceptors (Lipinski definition) is 6. The highest BCUT2D eigenvalue weighted by Crippen LogP contribution is 2.44. The van der Waals surface area contributed by atoms with Crippen LogP contribution in [0.5, 0.6) is 5.75 Å². The van der Waals surface area contributed by atoms with Gasteiger partial charge in [-0.3, -0.25) is 19.1 Å². The third-order valence-corrected chi connectivity index (χ3v) is 7.90. The summed E-state index contributed by atoms with van der Waals surface area (Å²) in [7, 11) is 2.03. The van der Waals surface area contributed by atoms with Crippen molar-refractivity contribution < 1.29 is 22.7 Å². The van der Waals surface area contributed by atoms with Crippen LogP contribution in [0.2, 0.25) is 0 Å². The molecule has 1 N–H and O–H groups in total. The molecule has 212 valence electrons. The Morgan fingerprint density at radius 1 is 1.02 bits per heavy atom. The van der Waals surface area contributed by atoms with E-state index < -0.39 is 17.7 Å². The molecule has 2 fully saturated rings. The fourth-order valence-electron chi connectivity index (χ4n) is 5.41. The predicted octanol–water partition coefficient (Wildman–Crippen LogP) is 4.51. The summed E-state index contributed by atoms with van der Waals surface area (Å²) >= 11 is 0. The molecule has 3 aromatic carbocycles. The second-order valence-corrected chi connectivity index (χ2v) is 10.5. The number of nitrogens with one attached hydrogen (secondary N) is 1. The number of carbonyl (C=O) groups excluding carboxylic acids is 1. The predicted molar refractivity (Wildman–Crippen MR) is 149 cm³/mol. The molecule has 6 rings (SSSR count). The zero-order chi connectivity index (χ0) is 28.7. The lowest BCUT2D eigenvalue weighted by Crippen LogP contribution is -2.54. The zero-order valence-corrected chi connectivity index (χ0v) is 22.3. The topological polar surface area (TPSA) is 79.7 Å². The number of alkyl halides is 2. The van der Waals surface area contributed by atoms with Crippen LogP contribution in [-0.4, -0.2) is 70.6 Å². The number of halogens is 3. The first-order chi connectivity index (χ1) is 19.7. The summed E-state index contributed by atoms with van der Waals surface area (Å²) in [5.41, 5.74) is 0.593. The summed E-state index contributed by atoms with van der Waals surface area (Å²) in [5.74, 6) is -0.882. The van der Waals surface area contributed by atoms with Gasteiger partial charge in [-0.1, -0.05) is 24.3 Å². The van der Waals surface area contributed by atoms with E-state index in [-0.39, 0.29) is 28.5 Å². The van der Waals surface area contributed by atoms with E-state index in [1.54, 1.807) is 36.4 Å². The molecule has 0 atom stereocenters. The number of benzene rings is 3. The van der Waals surface area contributed by atoms with Gasteiger partial charge in [-0.05, 0) is 61.9 Å². The molecule has 1 amide bonds. The van der Waals surface area contributed by atoms with Crippen molar-refractivity contribution in [1.29, 1.82) is 0 Å². The van der Waals surface area contributed by atoms with Gasteiger partial charge in [-0.25, -0.2) is 9.37 Å². The number of likely N-dealkylation sites (N-methyl/N-ethyl adjacent to an activating group) is 1. The number of nitrogens with zero attached hydrogens (tertiary/aromatic N) is 4. The molecule has 4 aromatic rings. The highest BCUT2D eigenvalue weighted by atomic mass is 19.3. The zero-order valence-electron chi connectivity index (χ0n) is 22.3. The van der Waals surface area contributed by atoms with E-state index in [4.69, 9.17) is 4.74 Å². The summed E-state index contributed by atoms with van der Waals surface area (Å²) in [5, 5.41) is 3.09. The third kappa shape index (κ3) is 5.18. The van der Waals surface area contributed by atoms with Crippen molar-refractivity contribution in [3.8, 4) is 22.6 Å². The summed E-state index contributed by atoms with van der Waals surface area (Å²) in [6.45, 7) is 0.0496. The van der Waals surface area contributed by atoms with Crippen LogP contribution in [0.4, 0.5) is 18.9 Å². The Hall–Kier alpha value is -4.22. The van der Waals surface area contributed by atoms with Gasteiger partial charge in [0.1, 0.15) is 23.4 Å². The van der Waals surface area contributed by atoms with Crippen molar-refractivity contribution >= 4 is 22.5 Å². The van der Waals surface area contributed by atoms with Crippen LogP contribution in [0.15, 0.2) is 71.8 Å². The molecule has 2 heterocycles. The average molecular weight is 564 g/mol. The molecule has 0 bridgehead atoms. The summed E-state index contributed by atoms with van der Waals surface area (Å²) < 4.78 is 46.7. The first-order valence-corrected chi connectivity index (χ1v) is 13.4. The molecule has 11 heteroatoms. The lowest BCUT2D eigenvalue weighted by Gasteiger charge is -2.37. The maximum Gasteiger partial charge on any atom is 0.387 e. The Bertz CT molecular complexity index is 1680. The molecule has 0 radical (unpaired) electrons. The highest BCUT2D eigenvalue weighted by molar-refractivity contribution is 6.01. The Kier molecular flexibility index (Phi) is 7.00. The van der Waals surface area contributed by atoms with E-state index in [0.29, 0.717) is 35.2 Å². The standard InChI is InChI=1S/C30H28F3N5O3/c1-36-12-14-37(15-13-36)30(10-11-30)28(40)35-25-17-20(7-9-26(25)41-29(32)33)38-18-34-24-16-19(6-8-22(24)27(38)39)21-4-2-3-5-23(21)31/h2-9,16-18,29H,10-15H2,1H3,(H,35,40). The number of amides is 1. The maximum absolute atomic E-state index is 14.3. The fraction of sp³-hybridized carbons (Fsp3) is 0.300. The second-order valence-electron chi connectivity index (χ2n) is 10.5. The Labute approximate surface area is 234 Å². The van der Waals surface area contributed by atoms with Crippen LogP contribution in [0.1, 0.15) is 12.8 Å². The van der Waals surface area contributed by atoms with Gasteiger partial charge in [0.2, 0.25) is 5.91 Å². The Morgan fingerprint density at radius 2 is 1.78 bits per heavy atom. The number of rotatable bonds is 7. The van der Waals surface area contributed by atoms with Gasteiger partial charge in [-0.2, -0.15) is 8.78 Å². The highest BCUT2D eigenvalue weighted by Gasteiger charge is 2.54. The monoisotopic (exact) mass is 563 g/mol. The van der Waals surface area contributed by atoms with Gasteiger partial charge in [0.25, 0.3) is 5.56 Å². The first-order valence-electron chi connectivity index (χ1n) is 13.4. The molecule has 0 spiro atoms. The van der Waals surface area contributed by atoms with E-state index >= 15 is 0 Å². The van der Waals surface area contributed by atoms with Crippen LogP contribution in [0, 0.1) is 5.82 Å². The van der Waals surface area contributed by atoms with Crippen molar-refractivity contribution in [2.24, 2.45) is 0 Å². The van der Waals surface area contributed by atoms with Crippen molar-refractivity contribution in [1.82, 2.24) is 19.4 Å². The number of ether oxygens (including phenoxy) is 1. The van der Waals surface area contributed by atoms with Gasteiger partial charge in [0.15, 0.2) is 0 Å². The lowest BCUT2D eigenvalue weighted by molar-refractivity contribution is -0.123.